The van der Waals surface area contributed by atoms with Gasteiger partial charge in [0.05, 0.1) is 29.1 Å². The fourth-order valence-electron chi connectivity index (χ4n) is 4.35. The molecule has 1 aromatic heterocycles. The first-order valence-corrected chi connectivity index (χ1v) is 13.3. The predicted molar refractivity (Wildman–Crippen MR) is 128 cm³/mol. The van der Waals surface area contributed by atoms with E-state index in [1.807, 2.05) is 4.72 Å². The summed E-state index contributed by atoms with van der Waals surface area (Å²) >= 11 is 0. The summed E-state index contributed by atoms with van der Waals surface area (Å²) in [5, 5.41) is 15.8. The Morgan fingerprint density at radius 3 is 2.50 bits per heavy atom. The van der Waals surface area contributed by atoms with E-state index in [0.29, 0.717) is 19.3 Å². The molecule has 2 unspecified atom stereocenters. The van der Waals surface area contributed by atoms with Crippen LogP contribution in [-0.4, -0.2) is 37.6 Å². The van der Waals surface area contributed by atoms with Crippen molar-refractivity contribution in [3.05, 3.63) is 65.1 Å². The number of alkyl halides is 3. The average molecular weight is 560 g/mol. The number of anilines is 2. The van der Waals surface area contributed by atoms with Crippen LogP contribution < -0.4 is 15.1 Å². The summed E-state index contributed by atoms with van der Waals surface area (Å²) < 4.78 is 108. The summed E-state index contributed by atoms with van der Waals surface area (Å²) in [6.45, 7) is 0. The number of hydrogen-bond donors (Lipinski definition) is 2. The highest BCUT2D eigenvalue weighted by molar-refractivity contribution is 7.92. The van der Waals surface area contributed by atoms with E-state index in [2.05, 4.69) is 15.3 Å². The number of benzene rings is 2. The number of nitrogens with one attached hydrogen (secondary N) is 2. The molecule has 1 aliphatic carbocycles. The lowest BCUT2D eigenvalue weighted by molar-refractivity contribution is -0.214. The summed E-state index contributed by atoms with van der Waals surface area (Å²) in [7, 11) is -3.91. The zero-order valence-electron chi connectivity index (χ0n) is 19.7. The maximum Gasteiger partial charge on any atom is 0.433 e. The Morgan fingerprint density at radius 2 is 1.82 bits per heavy atom. The number of pyridine rings is 1. The Labute approximate surface area is 213 Å². The Bertz CT molecular complexity index is 1510. The van der Waals surface area contributed by atoms with Crippen LogP contribution in [-0.2, 0) is 16.2 Å². The van der Waals surface area contributed by atoms with Gasteiger partial charge in [0.15, 0.2) is 5.82 Å². The first-order chi connectivity index (χ1) is 17.7. The van der Waals surface area contributed by atoms with Crippen molar-refractivity contribution in [1.29, 1.82) is 0 Å². The van der Waals surface area contributed by atoms with Crippen LogP contribution in [0.1, 0.15) is 36.9 Å². The number of halogens is 6. The van der Waals surface area contributed by atoms with E-state index in [4.69, 9.17) is 0 Å². The van der Waals surface area contributed by atoms with Crippen LogP contribution in [0.25, 0.3) is 10.9 Å². The standard InChI is InChI=1S/C24H22F6N4O3S/c1-38(36,37)34-18-8-6-16(26)21(22(18)27)23(35)32-14-4-2-3-13(10-14)31-19-11-20(24(28,29)30)33-17-7-5-12(25)9-15(17)19/h5-9,11,13-14,34H,2-4,10H2,1H3,(H,31,33)(H,32,35)/p-1. The SMILES string of the molecule is CS(=O)(=O)Nc1ccc(F)c(C([O-])=NC2CCCC(Nc3cc(C(F)(F)F)nc4ccc(F)cc34)C2)c1F. The van der Waals surface area contributed by atoms with E-state index in [1.165, 1.54) is 0 Å². The first-order valence-electron chi connectivity index (χ1n) is 11.4. The quantitative estimate of drug-likeness (QED) is 0.262. The average Bonchev–Trinajstić information content (AvgIpc) is 2.80. The molecule has 1 fully saturated rings. The van der Waals surface area contributed by atoms with Crippen molar-refractivity contribution in [1.82, 2.24) is 4.98 Å². The molecule has 1 saturated carbocycles. The van der Waals surface area contributed by atoms with Crippen molar-refractivity contribution in [3.8, 4) is 0 Å². The second kappa shape index (κ2) is 10.3. The molecule has 0 bridgehead atoms. The summed E-state index contributed by atoms with van der Waals surface area (Å²) in [6, 6.07) is 4.31. The summed E-state index contributed by atoms with van der Waals surface area (Å²) in [6.07, 6.45) is -2.51. The second-order valence-corrected chi connectivity index (χ2v) is 10.7. The lowest BCUT2D eigenvalue weighted by atomic mass is 9.91. The number of hydrogen-bond acceptors (Lipinski definition) is 6. The normalized spacial score (nSPS) is 19.0. The maximum absolute atomic E-state index is 14.8. The van der Waals surface area contributed by atoms with Crippen molar-refractivity contribution < 1.29 is 39.9 Å². The van der Waals surface area contributed by atoms with Gasteiger partial charge in [-0.05, 0) is 68.0 Å². The molecule has 2 atom stereocenters. The molecule has 204 valence electrons. The monoisotopic (exact) mass is 559 g/mol. The van der Waals surface area contributed by atoms with Gasteiger partial charge in [0.25, 0.3) is 0 Å². The molecule has 1 heterocycles. The number of aromatic nitrogens is 1. The molecule has 7 nitrogen and oxygen atoms in total. The zero-order chi connectivity index (χ0) is 27.8. The van der Waals surface area contributed by atoms with Gasteiger partial charge in [-0.25, -0.2) is 26.6 Å². The molecule has 0 aliphatic heterocycles. The molecule has 14 heteroatoms. The molecule has 1 aliphatic rings. The molecule has 0 saturated heterocycles. The maximum atomic E-state index is 14.8. The molecule has 0 amide bonds. The van der Waals surface area contributed by atoms with E-state index in [9.17, 15) is 39.9 Å². The molecule has 0 radical (unpaired) electrons. The molecule has 3 aromatic rings. The molecule has 4 rings (SSSR count). The topological polar surface area (TPSA) is 107 Å². The Kier molecular flexibility index (Phi) is 7.46. The van der Waals surface area contributed by atoms with Crippen molar-refractivity contribution >= 4 is 38.2 Å². The van der Waals surface area contributed by atoms with E-state index < -0.39 is 68.6 Å². The van der Waals surface area contributed by atoms with Gasteiger partial charge in [-0.2, -0.15) is 13.2 Å². The molecule has 2 N–H and O–H groups in total. The van der Waals surface area contributed by atoms with Gasteiger partial charge in [-0.1, -0.05) is 0 Å². The van der Waals surface area contributed by atoms with Crippen LogP contribution in [0.4, 0.5) is 37.7 Å². The van der Waals surface area contributed by atoms with Gasteiger partial charge in [0, 0.05) is 17.1 Å². The molecule has 0 spiro atoms. The zero-order valence-corrected chi connectivity index (χ0v) is 20.6. The number of aliphatic imine (C=N–C) groups is 1. The van der Waals surface area contributed by atoms with Crippen LogP contribution in [0.2, 0.25) is 0 Å². The first kappa shape index (κ1) is 27.5. The minimum Gasteiger partial charge on any atom is -0.858 e. The van der Waals surface area contributed by atoms with Crippen LogP contribution in [0.5, 0.6) is 0 Å². The molecular weight excluding hydrogens is 538 g/mol. The van der Waals surface area contributed by atoms with E-state index >= 15 is 0 Å². The predicted octanol–water partition coefficient (Wildman–Crippen LogP) is 4.57. The Morgan fingerprint density at radius 1 is 1.08 bits per heavy atom. The summed E-state index contributed by atoms with van der Waals surface area (Å²) in [5.41, 5.74) is -2.88. The van der Waals surface area contributed by atoms with Gasteiger partial charge in [0.2, 0.25) is 10.0 Å². The number of sulfonamides is 1. The molecule has 38 heavy (non-hydrogen) atoms. The fraction of sp³-hybridized carbons (Fsp3) is 0.333. The lowest BCUT2D eigenvalue weighted by Crippen LogP contribution is -2.32. The Hall–Kier alpha value is -3.55. The van der Waals surface area contributed by atoms with E-state index in [-0.39, 0.29) is 23.0 Å². The smallest absolute Gasteiger partial charge is 0.433 e. The number of fused-ring (bicyclic) bond motifs is 1. The molecule has 2 aromatic carbocycles. The number of nitrogens with zero attached hydrogens (tertiary/aromatic N) is 2. The largest absolute Gasteiger partial charge is 0.858 e. The third-order valence-corrected chi connectivity index (χ3v) is 6.56. The van der Waals surface area contributed by atoms with Crippen molar-refractivity contribution in [2.45, 2.75) is 43.9 Å². The third kappa shape index (κ3) is 6.29. The van der Waals surface area contributed by atoms with Crippen LogP contribution in [0, 0.1) is 17.5 Å². The van der Waals surface area contributed by atoms with Gasteiger partial charge >= 0.3 is 6.18 Å². The van der Waals surface area contributed by atoms with Crippen molar-refractivity contribution in [2.75, 3.05) is 16.3 Å². The van der Waals surface area contributed by atoms with Gasteiger partial charge < -0.3 is 10.4 Å². The van der Waals surface area contributed by atoms with Crippen molar-refractivity contribution in [3.63, 3.8) is 0 Å². The highest BCUT2D eigenvalue weighted by Gasteiger charge is 2.34. The van der Waals surface area contributed by atoms with Crippen LogP contribution in [0.3, 0.4) is 0 Å². The highest BCUT2D eigenvalue weighted by Crippen LogP contribution is 2.35. The molecular formula is C24H21F6N4O3S-. The van der Waals surface area contributed by atoms with Gasteiger partial charge in [-0.15, -0.1) is 0 Å². The highest BCUT2D eigenvalue weighted by atomic mass is 32.2. The van der Waals surface area contributed by atoms with Crippen LogP contribution >= 0.6 is 0 Å². The lowest BCUT2D eigenvalue weighted by Gasteiger charge is -2.30. The summed E-state index contributed by atoms with van der Waals surface area (Å²) in [4.78, 5) is 7.47. The summed E-state index contributed by atoms with van der Waals surface area (Å²) in [5.74, 6) is -4.55. The van der Waals surface area contributed by atoms with Crippen molar-refractivity contribution in [2.24, 2.45) is 4.99 Å². The third-order valence-electron chi connectivity index (χ3n) is 5.97. The minimum atomic E-state index is -4.75. The van der Waals surface area contributed by atoms with Crippen LogP contribution in [0.15, 0.2) is 41.4 Å². The van der Waals surface area contributed by atoms with Gasteiger partial charge in [-0.3, -0.25) is 9.71 Å². The fourth-order valence-corrected chi connectivity index (χ4v) is 4.91. The minimum absolute atomic E-state index is 0.00422. The van der Waals surface area contributed by atoms with Gasteiger partial charge in [0.1, 0.15) is 17.3 Å². The van der Waals surface area contributed by atoms with E-state index in [1.54, 1.807) is 0 Å². The Balaban J connectivity index is 1.60. The number of rotatable bonds is 6. The second-order valence-electron chi connectivity index (χ2n) is 8.97. The van der Waals surface area contributed by atoms with E-state index in [0.717, 1.165) is 42.7 Å².